The Hall–Kier alpha value is -3.59. The van der Waals surface area contributed by atoms with E-state index in [9.17, 15) is 20.0 Å². The summed E-state index contributed by atoms with van der Waals surface area (Å²) in [5, 5.41) is 21.3. The summed E-state index contributed by atoms with van der Waals surface area (Å²) in [7, 11) is 1.37. The third kappa shape index (κ3) is 4.08. The average molecular weight is 350 g/mol. The minimum Gasteiger partial charge on any atom is -0.496 e. The molecule has 2 N–H and O–H groups in total. The summed E-state index contributed by atoms with van der Waals surface area (Å²) in [5.74, 6) is -1.52. The van der Waals surface area contributed by atoms with E-state index in [0.29, 0.717) is 11.3 Å². The Balaban J connectivity index is 2.34. The first-order valence-corrected chi connectivity index (χ1v) is 7.78. The Kier molecular flexibility index (Phi) is 5.76. The highest BCUT2D eigenvalue weighted by atomic mass is 16.5. The molecule has 2 aromatic carbocycles. The molecule has 0 spiro atoms. The molecule has 6 nitrogen and oxygen atoms in total. The number of carboxylic acids is 1. The number of carboxylic acid groups (broad SMARTS) is 1. The van der Waals surface area contributed by atoms with Crippen molar-refractivity contribution < 1.29 is 19.4 Å². The SMILES string of the molecule is COc1ccc(/C=C(\C#N)C(=O)Nc2cccc(C)c2C)cc1C(=O)O. The molecule has 0 aliphatic rings. The van der Waals surface area contributed by atoms with E-state index < -0.39 is 11.9 Å². The number of rotatable bonds is 5. The minimum atomic E-state index is -1.16. The lowest BCUT2D eigenvalue weighted by molar-refractivity contribution is -0.112. The van der Waals surface area contributed by atoms with E-state index in [4.69, 9.17) is 4.74 Å². The molecular weight excluding hydrogens is 332 g/mol. The van der Waals surface area contributed by atoms with Gasteiger partial charge in [-0.15, -0.1) is 0 Å². The standard InChI is InChI=1S/C20H18N2O4/c1-12-5-4-6-17(13(12)2)22-19(23)15(11-21)9-14-7-8-18(26-3)16(10-14)20(24)25/h4-10H,1-3H3,(H,22,23)(H,24,25)/b15-9+. The maximum atomic E-state index is 12.4. The maximum absolute atomic E-state index is 12.4. The lowest BCUT2D eigenvalue weighted by Gasteiger charge is -2.10. The zero-order valence-electron chi connectivity index (χ0n) is 14.7. The number of carbonyl (C=O) groups excluding carboxylic acids is 1. The molecule has 0 aromatic heterocycles. The van der Waals surface area contributed by atoms with Crippen molar-refractivity contribution in [1.82, 2.24) is 0 Å². The normalized spacial score (nSPS) is 10.8. The number of ether oxygens (including phenoxy) is 1. The molecule has 0 aliphatic carbocycles. The molecule has 0 unspecified atom stereocenters. The molecule has 2 rings (SSSR count). The molecule has 0 aliphatic heterocycles. The predicted molar refractivity (Wildman–Crippen MR) is 98.1 cm³/mol. The molecule has 132 valence electrons. The van der Waals surface area contributed by atoms with E-state index in [-0.39, 0.29) is 16.9 Å². The molecule has 0 atom stereocenters. The second-order valence-electron chi connectivity index (χ2n) is 5.64. The van der Waals surface area contributed by atoms with Gasteiger partial charge in [-0.3, -0.25) is 4.79 Å². The highest BCUT2D eigenvalue weighted by Gasteiger charge is 2.14. The molecule has 0 bridgehead atoms. The Morgan fingerprint density at radius 2 is 1.96 bits per heavy atom. The predicted octanol–water partition coefficient (Wildman–Crippen LogP) is 3.56. The number of benzene rings is 2. The number of methoxy groups -OCH3 is 1. The van der Waals surface area contributed by atoms with Gasteiger partial charge in [0.05, 0.1) is 7.11 Å². The number of aromatic carboxylic acids is 1. The van der Waals surface area contributed by atoms with E-state index in [1.807, 2.05) is 32.0 Å². The molecule has 6 heteroatoms. The Labute approximate surface area is 151 Å². The van der Waals surface area contributed by atoms with Crippen LogP contribution in [0.25, 0.3) is 6.08 Å². The summed E-state index contributed by atoms with van der Waals surface area (Å²) in [6.45, 7) is 3.81. The van der Waals surface area contributed by atoms with Crippen LogP contribution >= 0.6 is 0 Å². The van der Waals surface area contributed by atoms with E-state index in [0.717, 1.165) is 11.1 Å². The van der Waals surface area contributed by atoms with Crippen LogP contribution < -0.4 is 10.1 Å². The number of carbonyl (C=O) groups is 2. The van der Waals surface area contributed by atoms with Crippen molar-refractivity contribution >= 4 is 23.6 Å². The first kappa shape index (κ1) is 18.7. The van der Waals surface area contributed by atoms with Gasteiger partial charge in [-0.25, -0.2) is 4.79 Å². The second-order valence-corrected chi connectivity index (χ2v) is 5.64. The van der Waals surface area contributed by atoms with Gasteiger partial charge in [0.1, 0.15) is 23.0 Å². The van der Waals surface area contributed by atoms with Gasteiger partial charge < -0.3 is 15.2 Å². The molecule has 1 amide bonds. The number of amides is 1. The summed E-state index contributed by atoms with van der Waals surface area (Å²) in [6.07, 6.45) is 1.34. The van der Waals surface area contributed by atoms with E-state index in [1.54, 1.807) is 12.1 Å². The van der Waals surface area contributed by atoms with Crippen molar-refractivity contribution in [1.29, 1.82) is 5.26 Å². The molecule has 0 saturated carbocycles. The number of anilines is 1. The molecule has 26 heavy (non-hydrogen) atoms. The van der Waals surface area contributed by atoms with E-state index in [2.05, 4.69) is 5.32 Å². The molecule has 2 aromatic rings. The number of aryl methyl sites for hydroxylation is 1. The van der Waals surface area contributed by atoms with Crippen molar-refractivity contribution in [2.75, 3.05) is 12.4 Å². The van der Waals surface area contributed by atoms with E-state index >= 15 is 0 Å². The average Bonchev–Trinajstić information content (AvgIpc) is 2.63. The van der Waals surface area contributed by atoms with Crippen molar-refractivity contribution in [3.63, 3.8) is 0 Å². The lowest BCUT2D eigenvalue weighted by Crippen LogP contribution is -2.14. The van der Waals surface area contributed by atoms with Gasteiger partial charge in [-0.2, -0.15) is 5.26 Å². The highest BCUT2D eigenvalue weighted by Crippen LogP contribution is 2.22. The second kappa shape index (κ2) is 7.99. The van der Waals surface area contributed by atoms with Crippen molar-refractivity contribution in [3.8, 4) is 11.8 Å². The third-order valence-electron chi connectivity index (χ3n) is 3.98. The molecule has 0 radical (unpaired) electrons. The van der Waals surface area contributed by atoms with E-state index in [1.165, 1.54) is 25.3 Å². The molecular formula is C20H18N2O4. The number of nitrogens with one attached hydrogen (secondary N) is 1. The zero-order chi connectivity index (χ0) is 19.3. The van der Waals surface area contributed by atoms with Crippen LogP contribution in [0.3, 0.4) is 0 Å². The Morgan fingerprint density at radius 1 is 1.23 bits per heavy atom. The fourth-order valence-corrected chi connectivity index (χ4v) is 2.37. The van der Waals surface area contributed by atoms with Gasteiger partial charge in [0, 0.05) is 5.69 Å². The molecule has 0 heterocycles. The maximum Gasteiger partial charge on any atom is 0.339 e. The first-order valence-electron chi connectivity index (χ1n) is 7.78. The summed E-state index contributed by atoms with van der Waals surface area (Å²) < 4.78 is 5.00. The van der Waals surface area contributed by atoms with Crippen molar-refractivity contribution in [2.24, 2.45) is 0 Å². The fourth-order valence-electron chi connectivity index (χ4n) is 2.37. The van der Waals surface area contributed by atoms with Crippen LogP contribution in [-0.2, 0) is 4.79 Å². The van der Waals surface area contributed by atoms with Crippen molar-refractivity contribution in [2.45, 2.75) is 13.8 Å². The molecule has 0 saturated heterocycles. The van der Waals surface area contributed by atoms with Gasteiger partial charge in [0.15, 0.2) is 0 Å². The summed E-state index contributed by atoms with van der Waals surface area (Å²) in [4.78, 5) is 23.7. The smallest absolute Gasteiger partial charge is 0.339 e. The fraction of sp³-hybridized carbons (Fsp3) is 0.150. The lowest BCUT2D eigenvalue weighted by atomic mass is 10.1. The number of hydrogen-bond donors (Lipinski definition) is 2. The molecule has 0 fully saturated rings. The van der Waals surface area contributed by atoms with Crippen LogP contribution in [-0.4, -0.2) is 24.1 Å². The van der Waals surface area contributed by atoms with Crippen LogP contribution in [0.15, 0.2) is 42.0 Å². The summed E-state index contributed by atoms with van der Waals surface area (Å²) in [5.41, 5.74) is 2.79. The first-order chi connectivity index (χ1) is 12.4. The van der Waals surface area contributed by atoms with Gasteiger partial charge in [0.2, 0.25) is 0 Å². The third-order valence-corrected chi connectivity index (χ3v) is 3.98. The quantitative estimate of drug-likeness (QED) is 0.634. The number of nitrogens with zero attached hydrogens (tertiary/aromatic N) is 1. The minimum absolute atomic E-state index is 0.0477. The Morgan fingerprint density at radius 3 is 2.58 bits per heavy atom. The van der Waals surface area contributed by atoms with Crippen LogP contribution in [0, 0.1) is 25.2 Å². The summed E-state index contributed by atoms with van der Waals surface area (Å²) >= 11 is 0. The highest BCUT2D eigenvalue weighted by molar-refractivity contribution is 6.10. The van der Waals surface area contributed by atoms with Crippen LogP contribution in [0.5, 0.6) is 5.75 Å². The topological polar surface area (TPSA) is 99.4 Å². The van der Waals surface area contributed by atoms with Gasteiger partial charge in [-0.05, 0) is 54.8 Å². The summed E-state index contributed by atoms with van der Waals surface area (Å²) in [6, 6.07) is 11.8. The largest absolute Gasteiger partial charge is 0.496 e. The van der Waals surface area contributed by atoms with Gasteiger partial charge in [-0.1, -0.05) is 18.2 Å². The van der Waals surface area contributed by atoms with Crippen LogP contribution in [0.2, 0.25) is 0 Å². The van der Waals surface area contributed by atoms with Crippen LogP contribution in [0.1, 0.15) is 27.0 Å². The van der Waals surface area contributed by atoms with Crippen LogP contribution in [0.4, 0.5) is 5.69 Å². The van der Waals surface area contributed by atoms with Gasteiger partial charge in [0.25, 0.3) is 5.91 Å². The van der Waals surface area contributed by atoms with Crippen molar-refractivity contribution in [3.05, 3.63) is 64.2 Å². The monoisotopic (exact) mass is 350 g/mol. The number of hydrogen-bond acceptors (Lipinski definition) is 4. The Bertz CT molecular complexity index is 939. The zero-order valence-corrected chi connectivity index (χ0v) is 14.7. The van der Waals surface area contributed by atoms with Gasteiger partial charge >= 0.3 is 5.97 Å². The number of nitriles is 1.